The van der Waals surface area contributed by atoms with Crippen LogP contribution in [0, 0.1) is 17.8 Å². The summed E-state index contributed by atoms with van der Waals surface area (Å²) >= 11 is 0. The lowest BCUT2D eigenvalue weighted by Gasteiger charge is -2.37. The van der Waals surface area contributed by atoms with E-state index in [1.165, 1.54) is 5.56 Å². The highest BCUT2D eigenvalue weighted by Crippen LogP contribution is 2.49. The van der Waals surface area contributed by atoms with Gasteiger partial charge < -0.3 is 20.8 Å². The van der Waals surface area contributed by atoms with Crippen LogP contribution in [0.25, 0.3) is 0 Å². The number of amides is 1. The molecular weight excluding hydrogens is 316 g/mol. The van der Waals surface area contributed by atoms with Gasteiger partial charge in [-0.05, 0) is 54.6 Å². The van der Waals surface area contributed by atoms with Crippen LogP contribution in [0.3, 0.4) is 0 Å². The fraction of sp³-hybridized carbons (Fsp3) is 0.650. The monoisotopic (exact) mass is 344 g/mol. The van der Waals surface area contributed by atoms with Crippen LogP contribution in [0.2, 0.25) is 0 Å². The minimum absolute atomic E-state index is 0.0496. The van der Waals surface area contributed by atoms with Crippen LogP contribution >= 0.6 is 0 Å². The quantitative estimate of drug-likeness (QED) is 0.770. The summed E-state index contributed by atoms with van der Waals surface area (Å²) in [5.41, 5.74) is 8.22. The molecule has 1 aromatic carbocycles. The van der Waals surface area contributed by atoms with Gasteiger partial charge >= 0.3 is 0 Å². The molecule has 0 radical (unpaired) electrons. The van der Waals surface area contributed by atoms with Crippen LogP contribution in [0.1, 0.15) is 42.7 Å². The summed E-state index contributed by atoms with van der Waals surface area (Å²) in [5, 5.41) is 20.0. The van der Waals surface area contributed by atoms with E-state index in [9.17, 15) is 15.0 Å². The van der Waals surface area contributed by atoms with Crippen LogP contribution in [-0.4, -0.2) is 46.3 Å². The van der Waals surface area contributed by atoms with Gasteiger partial charge in [0.05, 0.1) is 12.2 Å². The van der Waals surface area contributed by atoms with Gasteiger partial charge in [0.2, 0.25) is 5.91 Å². The fourth-order valence-electron chi connectivity index (χ4n) is 5.23. The Morgan fingerprint density at radius 1 is 1.16 bits per heavy atom. The lowest BCUT2D eigenvalue weighted by Crippen LogP contribution is -2.47. The zero-order chi connectivity index (χ0) is 17.6. The molecule has 5 unspecified atom stereocenters. The minimum Gasteiger partial charge on any atom is -0.390 e. The van der Waals surface area contributed by atoms with E-state index in [2.05, 4.69) is 24.3 Å². The number of piperidine rings is 1. The molecule has 1 amide bonds. The van der Waals surface area contributed by atoms with Crippen molar-refractivity contribution < 1.29 is 15.0 Å². The molecule has 2 bridgehead atoms. The smallest absolute Gasteiger partial charge is 0.226 e. The summed E-state index contributed by atoms with van der Waals surface area (Å²) in [4.78, 5) is 14.9. The molecule has 1 saturated heterocycles. The molecule has 3 fully saturated rings. The number of aliphatic hydroxyl groups excluding tert-OH is 2. The molecule has 1 aliphatic heterocycles. The summed E-state index contributed by atoms with van der Waals surface area (Å²) in [6, 6.07) is 8.47. The molecule has 136 valence electrons. The van der Waals surface area contributed by atoms with E-state index < -0.39 is 12.2 Å². The number of fused-ring (bicyclic) bond motifs is 2. The van der Waals surface area contributed by atoms with Gasteiger partial charge in [0, 0.05) is 25.6 Å². The number of carbonyl (C=O) groups is 1. The Kier molecular flexibility index (Phi) is 4.56. The average Bonchev–Trinajstić information content (AvgIpc) is 3.21. The first-order valence-corrected chi connectivity index (χ1v) is 9.52. The zero-order valence-electron chi connectivity index (χ0n) is 14.6. The van der Waals surface area contributed by atoms with Crippen molar-refractivity contribution in [3.63, 3.8) is 0 Å². The molecule has 4 N–H and O–H groups in total. The number of likely N-dealkylation sites (tertiary alicyclic amines) is 1. The first-order chi connectivity index (χ1) is 12.1. The van der Waals surface area contributed by atoms with Crippen LogP contribution in [0.5, 0.6) is 0 Å². The number of benzene rings is 1. The van der Waals surface area contributed by atoms with Gasteiger partial charge in [0.1, 0.15) is 0 Å². The van der Waals surface area contributed by atoms with Crippen molar-refractivity contribution in [1.29, 1.82) is 0 Å². The Labute approximate surface area is 148 Å². The zero-order valence-corrected chi connectivity index (χ0v) is 14.6. The van der Waals surface area contributed by atoms with Crippen molar-refractivity contribution in [1.82, 2.24) is 4.90 Å². The molecule has 2 saturated carbocycles. The van der Waals surface area contributed by atoms with Crippen molar-refractivity contribution in [2.75, 3.05) is 13.1 Å². The Bertz CT molecular complexity index is 640. The first kappa shape index (κ1) is 17.0. The summed E-state index contributed by atoms with van der Waals surface area (Å²) in [5.74, 6) is 0.632. The number of hydrogen-bond acceptors (Lipinski definition) is 4. The Hall–Kier alpha value is -1.43. The van der Waals surface area contributed by atoms with Gasteiger partial charge in [0.15, 0.2) is 0 Å². The molecule has 1 aromatic rings. The molecule has 25 heavy (non-hydrogen) atoms. The molecule has 3 aliphatic rings. The highest BCUT2D eigenvalue weighted by atomic mass is 16.3. The second-order valence-electron chi connectivity index (χ2n) is 8.03. The predicted molar refractivity (Wildman–Crippen MR) is 94.6 cm³/mol. The number of hydrogen-bond donors (Lipinski definition) is 3. The molecule has 1 heterocycles. The molecule has 0 spiro atoms. The largest absolute Gasteiger partial charge is 0.390 e. The van der Waals surface area contributed by atoms with Gasteiger partial charge in [-0.15, -0.1) is 0 Å². The molecular formula is C20H28N2O3. The number of rotatable bonds is 3. The summed E-state index contributed by atoms with van der Waals surface area (Å²) in [6.07, 6.45) is 2.14. The van der Waals surface area contributed by atoms with Gasteiger partial charge in [-0.1, -0.05) is 24.3 Å². The van der Waals surface area contributed by atoms with Gasteiger partial charge in [-0.25, -0.2) is 0 Å². The van der Waals surface area contributed by atoms with Gasteiger partial charge in [0.25, 0.3) is 0 Å². The van der Waals surface area contributed by atoms with E-state index in [0.717, 1.165) is 44.3 Å². The number of aliphatic hydroxyl groups is 2. The third kappa shape index (κ3) is 2.98. The maximum atomic E-state index is 12.9. The Morgan fingerprint density at radius 2 is 1.92 bits per heavy atom. The lowest BCUT2D eigenvalue weighted by molar-refractivity contribution is -0.142. The number of nitrogens with two attached hydrogens (primary N) is 1. The van der Waals surface area contributed by atoms with E-state index in [0.29, 0.717) is 12.5 Å². The van der Waals surface area contributed by atoms with Crippen LogP contribution in [-0.2, 0) is 11.3 Å². The van der Waals surface area contributed by atoms with E-state index >= 15 is 0 Å². The fourth-order valence-corrected chi connectivity index (χ4v) is 5.23. The molecule has 0 aromatic heterocycles. The standard InChI is InChI=1S/C20H28N2O3/c21-11-12-2-1-3-14(8-12)13-4-6-22(7-5-13)20(25)17-10-15-9-16(17)19(24)18(15)23/h1-3,8,13,15-19,23-24H,4-7,9-11,21H2. The number of carbonyl (C=O) groups excluding carboxylic acids is 1. The molecule has 5 nitrogen and oxygen atoms in total. The maximum absolute atomic E-state index is 12.9. The molecule has 5 heteroatoms. The third-order valence-corrected chi connectivity index (χ3v) is 6.70. The van der Waals surface area contributed by atoms with E-state index in [1.54, 1.807) is 0 Å². The Morgan fingerprint density at radius 3 is 2.56 bits per heavy atom. The third-order valence-electron chi connectivity index (χ3n) is 6.70. The van der Waals surface area contributed by atoms with Crippen LogP contribution in [0.4, 0.5) is 0 Å². The van der Waals surface area contributed by atoms with Crippen molar-refractivity contribution in [2.45, 2.75) is 50.4 Å². The molecule has 4 rings (SSSR count). The SMILES string of the molecule is NCc1cccc(C2CCN(C(=O)C3CC4CC3C(O)C4O)CC2)c1. The van der Waals surface area contributed by atoms with E-state index in [4.69, 9.17) is 5.73 Å². The second kappa shape index (κ2) is 6.71. The summed E-state index contributed by atoms with van der Waals surface area (Å²) < 4.78 is 0. The second-order valence-corrected chi connectivity index (χ2v) is 8.03. The summed E-state index contributed by atoms with van der Waals surface area (Å²) in [6.45, 7) is 2.12. The topological polar surface area (TPSA) is 86.8 Å². The van der Waals surface area contributed by atoms with Crippen molar-refractivity contribution in [3.8, 4) is 0 Å². The first-order valence-electron chi connectivity index (χ1n) is 9.52. The highest BCUT2D eigenvalue weighted by Gasteiger charge is 2.54. The molecule has 5 atom stereocenters. The normalized spacial score (nSPS) is 35.3. The minimum atomic E-state index is -0.718. The van der Waals surface area contributed by atoms with E-state index in [1.807, 2.05) is 4.90 Å². The lowest BCUT2D eigenvalue weighted by atomic mass is 9.83. The highest BCUT2D eigenvalue weighted by molar-refractivity contribution is 5.80. The Balaban J connectivity index is 1.37. The molecule has 2 aliphatic carbocycles. The van der Waals surface area contributed by atoms with Crippen molar-refractivity contribution in [2.24, 2.45) is 23.5 Å². The van der Waals surface area contributed by atoms with Crippen LogP contribution < -0.4 is 5.73 Å². The number of nitrogens with zero attached hydrogens (tertiary/aromatic N) is 1. The predicted octanol–water partition coefficient (Wildman–Crippen LogP) is 1.23. The average molecular weight is 344 g/mol. The van der Waals surface area contributed by atoms with Crippen LogP contribution in [0.15, 0.2) is 24.3 Å². The van der Waals surface area contributed by atoms with Crippen molar-refractivity contribution in [3.05, 3.63) is 35.4 Å². The van der Waals surface area contributed by atoms with E-state index in [-0.39, 0.29) is 23.7 Å². The summed E-state index contributed by atoms with van der Waals surface area (Å²) in [7, 11) is 0. The van der Waals surface area contributed by atoms with Gasteiger partial charge in [-0.3, -0.25) is 4.79 Å². The van der Waals surface area contributed by atoms with Gasteiger partial charge in [-0.2, -0.15) is 0 Å². The maximum Gasteiger partial charge on any atom is 0.226 e. The van der Waals surface area contributed by atoms with Crippen molar-refractivity contribution >= 4 is 5.91 Å².